The maximum absolute atomic E-state index is 12.0. The van der Waals surface area contributed by atoms with E-state index >= 15 is 0 Å². The van der Waals surface area contributed by atoms with Gasteiger partial charge in [-0.2, -0.15) is 23.1 Å². The molecule has 178 valence electrons. The predicted molar refractivity (Wildman–Crippen MR) is 130 cm³/mol. The van der Waals surface area contributed by atoms with Gasteiger partial charge < -0.3 is 5.32 Å². The van der Waals surface area contributed by atoms with Gasteiger partial charge in [0.25, 0.3) is 0 Å². The highest BCUT2D eigenvalue weighted by Gasteiger charge is 2.27. The lowest BCUT2D eigenvalue weighted by Crippen LogP contribution is -2.28. The molecule has 1 saturated carbocycles. The molecule has 4 rings (SSSR count). The fourth-order valence-corrected chi connectivity index (χ4v) is 4.75. The summed E-state index contributed by atoms with van der Waals surface area (Å²) >= 11 is 0. The molecule has 0 radical (unpaired) electrons. The number of nitrogens with one attached hydrogen (secondary N) is 2. The average molecular weight is 481 g/mol. The molecule has 0 amide bonds. The van der Waals surface area contributed by atoms with Crippen molar-refractivity contribution >= 4 is 27.5 Å². The third-order valence-corrected chi connectivity index (χ3v) is 7.46. The highest BCUT2D eigenvalue weighted by atomic mass is 32.2. The Kier molecular flexibility index (Phi) is 7.09. The van der Waals surface area contributed by atoms with E-state index in [2.05, 4.69) is 31.2 Å². The maximum atomic E-state index is 12.0. The molecule has 3 aromatic rings. The normalized spacial score (nSPS) is 15.2. The second-order valence-corrected chi connectivity index (χ2v) is 10.4. The Bertz CT molecular complexity index is 1260. The number of hydrogen-bond donors (Lipinski definition) is 2. The molecular weight excluding hydrogens is 452 g/mol. The molecule has 1 aromatic carbocycles. The van der Waals surface area contributed by atoms with Gasteiger partial charge in [0.05, 0.1) is 30.4 Å². The topological polar surface area (TPSA) is 129 Å². The van der Waals surface area contributed by atoms with E-state index in [0.29, 0.717) is 24.0 Å². The van der Waals surface area contributed by atoms with Gasteiger partial charge in [-0.1, -0.05) is 12.8 Å². The van der Waals surface area contributed by atoms with E-state index in [1.807, 2.05) is 16.9 Å². The number of benzene rings is 1. The van der Waals surface area contributed by atoms with Crippen LogP contribution in [-0.2, 0) is 10.2 Å². The molecule has 1 aliphatic rings. The van der Waals surface area contributed by atoms with Crippen LogP contribution in [0.5, 0.6) is 0 Å². The lowest BCUT2D eigenvalue weighted by atomic mass is 9.96. The minimum absolute atomic E-state index is 0.0871. The molecule has 0 bridgehead atoms. The Hall–Kier alpha value is -3.49. The molecule has 34 heavy (non-hydrogen) atoms. The Morgan fingerprint density at radius 3 is 2.56 bits per heavy atom. The van der Waals surface area contributed by atoms with Crippen LogP contribution in [-0.4, -0.2) is 46.6 Å². The third-order valence-electron chi connectivity index (χ3n) is 6.01. The predicted octanol–water partition coefficient (Wildman–Crippen LogP) is 3.95. The SMILES string of the molecule is CN(C)S(=O)(=O)Nc1ccc(Nc2nccc(-c3cnn(C(CC#N)C4CCCC4)c3)n2)cc1. The van der Waals surface area contributed by atoms with Crippen molar-refractivity contribution in [3.63, 3.8) is 0 Å². The average Bonchev–Trinajstić information content (AvgIpc) is 3.52. The van der Waals surface area contributed by atoms with Crippen LogP contribution in [0.1, 0.15) is 38.1 Å². The van der Waals surface area contributed by atoms with E-state index in [0.717, 1.165) is 34.1 Å². The van der Waals surface area contributed by atoms with Crippen molar-refractivity contribution in [2.24, 2.45) is 5.92 Å². The maximum Gasteiger partial charge on any atom is 0.301 e. The molecule has 2 aromatic heterocycles. The van der Waals surface area contributed by atoms with Crippen molar-refractivity contribution in [2.45, 2.75) is 38.1 Å². The van der Waals surface area contributed by atoms with Crippen molar-refractivity contribution < 1.29 is 8.42 Å². The van der Waals surface area contributed by atoms with Crippen LogP contribution in [0.3, 0.4) is 0 Å². The van der Waals surface area contributed by atoms with Gasteiger partial charge in [-0.25, -0.2) is 9.97 Å². The Morgan fingerprint density at radius 1 is 1.18 bits per heavy atom. The summed E-state index contributed by atoms with van der Waals surface area (Å²) in [5, 5.41) is 17.0. The number of anilines is 3. The molecule has 0 aliphatic heterocycles. The standard InChI is InChI=1S/C23H28N8O2S/c1-30(2)34(32,33)29-20-9-7-19(8-10-20)27-23-25-14-12-21(28-23)18-15-26-31(16-18)22(11-13-24)17-5-3-4-6-17/h7-10,12,14-17,22,29H,3-6,11H2,1-2H3,(H,25,27,28). The van der Waals surface area contributed by atoms with Crippen LogP contribution in [0, 0.1) is 17.2 Å². The van der Waals surface area contributed by atoms with Crippen LogP contribution >= 0.6 is 0 Å². The molecule has 0 saturated heterocycles. The van der Waals surface area contributed by atoms with Gasteiger partial charge in [-0.3, -0.25) is 9.40 Å². The number of nitriles is 1. The zero-order valence-corrected chi connectivity index (χ0v) is 20.0. The fraction of sp³-hybridized carbons (Fsp3) is 0.391. The van der Waals surface area contributed by atoms with Crippen molar-refractivity contribution in [3.05, 3.63) is 48.9 Å². The van der Waals surface area contributed by atoms with Gasteiger partial charge >= 0.3 is 10.2 Å². The first-order valence-corrected chi connectivity index (χ1v) is 12.6. The Balaban J connectivity index is 1.47. The van der Waals surface area contributed by atoms with Crippen LogP contribution in [0.4, 0.5) is 17.3 Å². The van der Waals surface area contributed by atoms with Gasteiger partial charge in [0.2, 0.25) is 5.95 Å². The molecule has 10 nitrogen and oxygen atoms in total. The van der Waals surface area contributed by atoms with E-state index in [-0.39, 0.29) is 6.04 Å². The zero-order chi connectivity index (χ0) is 24.1. The molecule has 11 heteroatoms. The summed E-state index contributed by atoms with van der Waals surface area (Å²) in [7, 11) is -0.634. The number of rotatable bonds is 9. The van der Waals surface area contributed by atoms with Gasteiger partial charge in [-0.05, 0) is 49.1 Å². The van der Waals surface area contributed by atoms with Crippen LogP contribution < -0.4 is 10.0 Å². The molecular formula is C23H28N8O2S. The minimum Gasteiger partial charge on any atom is -0.324 e. The van der Waals surface area contributed by atoms with E-state index in [9.17, 15) is 13.7 Å². The molecule has 0 spiro atoms. The van der Waals surface area contributed by atoms with Crippen LogP contribution in [0.25, 0.3) is 11.3 Å². The second kappa shape index (κ2) is 10.2. The first-order valence-electron chi connectivity index (χ1n) is 11.2. The fourth-order valence-electron chi connectivity index (χ4n) is 4.13. The van der Waals surface area contributed by atoms with E-state index in [4.69, 9.17) is 0 Å². The smallest absolute Gasteiger partial charge is 0.301 e. The first-order chi connectivity index (χ1) is 16.4. The highest BCUT2D eigenvalue weighted by molar-refractivity contribution is 7.90. The monoisotopic (exact) mass is 480 g/mol. The third kappa shape index (κ3) is 5.52. The molecule has 1 unspecified atom stereocenters. The Morgan fingerprint density at radius 2 is 1.88 bits per heavy atom. The zero-order valence-electron chi connectivity index (χ0n) is 19.2. The Labute approximate surface area is 199 Å². The molecule has 2 heterocycles. The number of nitrogens with zero attached hydrogens (tertiary/aromatic N) is 6. The van der Waals surface area contributed by atoms with Crippen molar-refractivity contribution in [2.75, 3.05) is 24.1 Å². The van der Waals surface area contributed by atoms with Crippen molar-refractivity contribution in [3.8, 4) is 17.3 Å². The van der Waals surface area contributed by atoms with Gasteiger partial charge in [-0.15, -0.1) is 0 Å². The van der Waals surface area contributed by atoms with Crippen LogP contribution in [0.2, 0.25) is 0 Å². The minimum atomic E-state index is -3.56. The molecule has 1 fully saturated rings. The highest BCUT2D eigenvalue weighted by Crippen LogP contribution is 2.36. The van der Waals surface area contributed by atoms with E-state index in [1.54, 1.807) is 36.7 Å². The quantitative estimate of drug-likeness (QED) is 0.474. The lowest BCUT2D eigenvalue weighted by Gasteiger charge is -2.21. The summed E-state index contributed by atoms with van der Waals surface area (Å²) in [6.07, 6.45) is 10.6. The summed E-state index contributed by atoms with van der Waals surface area (Å²) in [6.45, 7) is 0. The van der Waals surface area contributed by atoms with E-state index in [1.165, 1.54) is 26.9 Å². The van der Waals surface area contributed by atoms with Gasteiger partial charge in [0.15, 0.2) is 0 Å². The summed E-state index contributed by atoms with van der Waals surface area (Å²) < 4.78 is 29.4. The summed E-state index contributed by atoms with van der Waals surface area (Å²) in [5.74, 6) is 0.899. The van der Waals surface area contributed by atoms with E-state index < -0.39 is 10.2 Å². The largest absolute Gasteiger partial charge is 0.324 e. The first kappa shape index (κ1) is 23.7. The summed E-state index contributed by atoms with van der Waals surface area (Å²) in [5.41, 5.74) is 2.76. The molecule has 1 aliphatic carbocycles. The van der Waals surface area contributed by atoms with Crippen LogP contribution in [0.15, 0.2) is 48.9 Å². The number of hydrogen-bond acceptors (Lipinski definition) is 7. The second-order valence-electron chi connectivity index (χ2n) is 8.54. The van der Waals surface area contributed by atoms with Crippen molar-refractivity contribution in [1.82, 2.24) is 24.1 Å². The van der Waals surface area contributed by atoms with Gasteiger partial charge in [0, 0.05) is 43.4 Å². The lowest BCUT2D eigenvalue weighted by molar-refractivity contribution is 0.315. The molecule has 1 atom stereocenters. The number of aromatic nitrogens is 4. The van der Waals surface area contributed by atoms with Gasteiger partial charge in [0.1, 0.15) is 0 Å². The van der Waals surface area contributed by atoms with Crippen molar-refractivity contribution in [1.29, 1.82) is 5.26 Å². The summed E-state index contributed by atoms with van der Waals surface area (Å²) in [4.78, 5) is 8.89. The summed E-state index contributed by atoms with van der Waals surface area (Å²) in [6, 6.07) is 11.0. The molecule has 2 N–H and O–H groups in total.